The lowest BCUT2D eigenvalue weighted by molar-refractivity contribution is 0.186. The van der Waals surface area contributed by atoms with Crippen LogP contribution in [-0.4, -0.2) is 69.3 Å². The molecule has 0 saturated carbocycles. The number of nitrogens with one attached hydrogen (secondary N) is 1. The predicted molar refractivity (Wildman–Crippen MR) is 83.5 cm³/mol. The van der Waals surface area contributed by atoms with Gasteiger partial charge in [0, 0.05) is 45.8 Å². The number of aryl methyl sites for hydroxylation is 1. The van der Waals surface area contributed by atoms with Crippen molar-refractivity contribution in [3.05, 3.63) is 29.8 Å². The molecule has 0 atom stereocenters. The van der Waals surface area contributed by atoms with Crippen molar-refractivity contribution < 1.29 is 4.74 Å². The number of hydrogen-bond acceptors (Lipinski definition) is 4. The van der Waals surface area contributed by atoms with Crippen LogP contribution in [0.4, 0.5) is 0 Å². The second-order valence-electron chi connectivity index (χ2n) is 5.51. The summed E-state index contributed by atoms with van der Waals surface area (Å²) in [4.78, 5) is 4.87. The maximum absolute atomic E-state index is 5.83. The molecule has 4 nitrogen and oxygen atoms in total. The molecular weight excluding hydrogens is 250 g/mol. The van der Waals surface area contributed by atoms with Crippen molar-refractivity contribution in [1.82, 2.24) is 15.1 Å². The molecule has 4 heteroatoms. The highest BCUT2D eigenvalue weighted by molar-refractivity contribution is 5.31. The number of nitrogens with zero attached hydrogens (tertiary/aromatic N) is 2. The molecule has 0 radical (unpaired) electrons. The molecule has 1 aliphatic heterocycles. The van der Waals surface area contributed by atoms with E-state index in [0.29, 0.717) is 0 Å². The number of likely N-dealkylation sites (N-methyl/N-ethyl adjacent to an activating group) is 1. The Balaban J connectivity index is 1.60. The molecule has 1 fully saturated rings. The van der Waals surface area contributed by atoms with E-state index < -0.39 is 0 Å². The molecule has 1 heterocycles. The smallest absolute Gasteiger partial charge is 0.122 e. The Morgan fingerprint density at radius 2 is 1.95 bits per heavy atom. The van der Waals surface area contributed by atoms with E-state index in [1.165, 1.54) is 18.7 Å². The summed E-state index contributed by atoms with van der Waals surface area (Å²) < 4.78 is 5.83. The maximum atomic E-state index is 5.83. The molecule has 1 N–H and O–H groups in total. The van der Waals surface area contributed by atoms with Gasteiger partial charge in [0.1, 0.15) is 12.4 Å². The first kappa shape index (κ1) is 15.3. The summed E-state index contributed by atoms with van der Waals surface area (Å²) in [5.74, 6) is 1.00. The van der Waals surface area contributed by atoms with Crippen molar-refractivity contribution >= 4 is 0 Å². The van der Waals surface area contributed by atoms with E-state index in [1.54, 1.807) is 0 Å². The Kier molecular flexibility index (Phi) is 6.30. The molecule has 20 heavy (non-hydrogen) atoms. The van der Waals surface area contributed by atoms with Gasteiger partial charge < -0.3 is 15.0 Å². The minimum Gasteiger partial charge on any atom is -0.492 e. The third-order valence-electron chi connectivity index (χ3n) is 3.83. The quantitative estimate of drug-likeness (QED) is 0.811. The molecule has 0 aromatic heterocycles. The van der Waals surface area contributed by atoms with Crippen LogP contribution >= 0.6 is 0 Å². The second-order valence-corrected chi connectivity index (χ2v) is 5.51. The normalized spacial score (nSPS) is 16.6. The Morgan fingerprint density at radius 3 is 2.70 bits per heavy atom. The van der Waals surface area contributed by atoms with Crippen LogP contribution in [0, 0.1) is 6.92 Å². The minimum atomic E-state index is 0.753. The maximum Gasteiger partial charge on any atom is 0.122 e. The molecular formula is C16H27N3O. The van der Waals surface area contributed by atoms with E-state index in [0.717, 1.165) is 45.1 Å². The molecule has 0 bridgehead atoms. The zero-order chi connectivity index (χ0) is 14.2. The highest BCUT2D eigenvalue weighted by Crippen LogP contribution is 2.15. The van der Waals surface area contributed by atoms with Gasteiger partial charge in [0.2, 0.25) is 0 Å². The Bertz CT molecular complexity index is 391. The van der Waals surface area contributed by atoms with Gasteiger partial charge in [-0.15, -0.1) is 0 Å². The fourth-order valence-electron chi connectivity index (χ4n) is 2.39. The number of ether oxygens (including phenoxy) is 1. The van der Waals surface area contributed by atoms with Gasteiger partial charge >= 0.3 is 0 Å². The third-order valence-corrected chi connectivity index (χ3v) is 3.83. The lowest BCUT2D eigenvalue weighted by Gasteiger charge is -2.29. The van der Waals surface area contributed by atoms with Gasteiger partial charge in [-0.05, 0) is 25.6 Å². The van der Waals surface area contributed by atoms with Crippen LogP contribution in [0.2, 0.25) is 0 Å². The molecule has 2 rings (SSSR count). The topological polar surface area (TPSA) is 27.7 Å². The average Bonchev–Trinajstić information content (AvgIpc) is 2.48. The SMILES string of the molecule is Cc1ccccc1OCCN(C)CCN1CCNCC1. The van der Waals surface area contributed by atoms with Gasteiger partial charge in [-0.1, -0.05) is 18.2 Å². The molecule has 112 valence electrons. The third kappa shape index (κ3) is 5.12. The first-order chi connectivity index (χ1) is 9.75. The molecule has 1 aromatic carbocycles. The lowest BCUT2D eigenvalue weighted by atomic mass is 10.2. The zero-order valence-electron chi connectivity index (χ0n) is 12.8. The number of piperazine rings is 1. The lowest BCUT2D eigenvalue weighted by Crippen LogP contribution is -2.46. The first-order valence-electron chi connectivity index (χ1n) is 7.56. The molecule has 1 aromatic rings. The van der Waals surface area contributed by atoms with Crippen molar-refractivity contribution in [2.24, 2.45) is 0 Å². The number of hydrogen-bond donors (Lipinski definition) is 1. The molecule has 0 spiro atoms. The number of rotatable bonds is 7. The van der Waals surface area contributed by atoms with Crippen LogP contribution in [-0.2, 0) is 0 Å². The second kappa shape index (κ2) is 8.25. The van der Waals surface area contributed by atoms with Crippen molar-refractivity contribution in [3.8, 4) is 5.75 Å². The van der Waals surface area contributed by atoms with Crippen LogP contribution in [0.1, 0.15) is 5.56 Å². The monoisotopic (exact) mass is 277 g/mol. The highest BCUT2D eigenvalue weighted by Gasteiger charge is 2.09. The molecule has 1 saturated heterocycles. The molecule has 0 amide bonds. The fraction of sp³-hybridized carbons (Fsp3) is 0.625. The summed E-state index contributed by atoms with van der Waals surface area (Å²) in [5, 5.41) is 3.38. The van der Waals surface area contributed by atoms with E-state index in [2.05, 4.69) is 35.2 Å². The molecule has 1 aliphatic rings. The van der Waals surface area contributed by atoms with E-state index >= 15 is 0 Å². The highest BCUT2D eigenvalue weighted by atomic mass is 16.5. The Morgan fingerprint density at radius 1 is 1.20 bits per heavy atom. The average molecular weight is 277 g/mol. The van der Waals surface area contributed by atoms with E-state index in [4.69, 9.17) is 4.74 Å². The van der Waals surface area contributed by atoms with Crippen LogP contribution in [0.15, 0.2) is 24.3 Å². The molecule has 0 unspecified atom stereocenters. The number of benzene rings is 1. The summed E-state index contributed by atoms with van der Waals surface area (Å²) in [7, 11) is 2.17. The largest absolute Gasteiger partial charge is 0.492 e. The minimum absolute atomic E-state index is 0.753. The van der Waals surface area contributed by atoms with Crippen LogP contribution < -0.4 is 10.1 Å². The van der Waals surface area contributed by atoms with Crippen molar-refractivity contribution in [3.63, 3.8) is 0 Å². The summed E-state index contributed by atoms with van der Waals surface area (Å²) in [6.45, 7) is 10.7. The summed E-state index contributed by atoms with van der Waals surface area (Å²) >= 11 is 0. The Labute approximate surface area is 122 Å². The van der Waals surface area contributed by atoms with Crippen LogP contribution in [0.5, 0.6) is 5.75 Å². The number of para-hydroxylation sites is 1. The first-order valence-corrected chi connectivity index (χ1v) is 7.56. The van der Waals surface area contributed by atoms with E-state index in [-0.39, 0.29) is 0 Å². The summed E-state index contributed by atoms with van der Waals surface area (Å²) in [6.07, 6.45) is 0. The summed E-state index contributed by atoms with van der Waals surface area (Å²) in [5.41, 5.74) is 1.20. The van der Waals surface area contributed by atoms with Crippen molar-refractivity contribution in [2.75, 3.05) is 59.5 Å². The zero-order valence-corrected chi connectivity index (χ0v) is 12.8. The van der Waals surface area contributed by atoms with Gasteiger partial charge in [0.25, 0.3) is 0 Å². The van der Waals surface area contributed by atoms with Crippen molar-refractivity contribution in [2.45, 2.75) is 6.92 Å². The van der Waals surface area contributed by atoms with Gasteiger partial charge in [0.15, 0.2) is 0 Å². The van der Waals surface area contributed by atoms with Gasteiger partial charge in [-0.3, -0.25) is 4.90 Å². The van der Waals surface area contributed by atoms with Gasteiger partial charge in [-0.2, -0.15) is 0 Å². The predicted octanol–water partition coefficient (Wildman–Crippen LogP) is 1.21. The van der Waals surface area contributed by atoms with Gasteiger partial charge in [-0.25, -0.2) is 0 Å². The standard InChI is InChI=1S/C16H27N3O/c1-15-5-3-4-6-16(15)20-14-13-18(2)11-12-19-9-7-17-8-10-19/h3-6,17H,7-14H2,1-2H3. The summed E-state index contributed by atoms with van der Waals surface area (Å²) in [6, 6.07) is 8.19. The van der Waals surface area contributed by atoms with Crippen LogP contribution in [0.3, 0.4) is 0 Å². The van der Waals surface area contributed by atoms with E-state index in [1.807, 2.05) is 18.2 Å². The van der Waals surface area contributed by atoms with E-state index in [9.17, 15) is 0 Å². The fourth-order valence-corrected chi connectivity index (χ4v) is 2.39. The molecule has 0 aliphatic carbocycles. The van der Waals surface area contributed by atoms with Crippen molar-refractivity contribution in [1.29, 1.82) is 0 Å². The Hall–Kier alpha value is -1.10. The van der Waals surface area contributed by atoms with Crippen LogP contribution in [0.25, 0.3) is 0 Å². The van der Waals surface area contributed by atoms with Gasteiger partial charge in [0.05, 0.1) is 0 Å².